The van der Waals surface area contributed by atoms with Gasteiger partial charge < -0.3 is 29.5 Å². The van der Waals surface area contributed by atoms with Crippen molar-refractivity contribution < 1.29 is 37.3 Å². The van der Waals surface area contributed by atoms with Crippen molar-refractivity contribution in [3.8, 4) is 11.5 Å². The predicted molar refractivity (Wildman–Crippen MR) is 179 cm³/mol. The summed E-state index contributed by atoms with van der Waals surface area (Å²) in [6.07, 6.45) is -0.946. The first-order chi connectivity index (χ1) is 22.2. The number of benzene rings is 2. The molecule has 5 atom stereocenters. The van der Waals surface area contributed by atoms with Crippen LogP contribution in [0.1, 0.15) is 53.0 Å². The Kier molecular flexibility index (Phi) is 10.7. The molecule has 5 rings (SSSR count). The number of carbonyl (C=O) groups excluding carboxylic acids is 2. The summed E-state index contributed by atoms with van der Waals surface area (Å²) in [4.78, 5) is 31.5. The number of hydrogen-bond donors (Lipinski definition) is 2. The minimum atomic E-state index is -3.35. The lowest BCUT2D eigenvalue weighted by molar-refractivity contribution is -0.155. The third-order valence-electron chi connectivity index (χ3n) is 9.06. The number of nitrogens with zero attached hydrogens (tertiary/aromatic N) is 2. The van der Waals surface area contributed by atoms with E-state index in [0.29, 0.717) is 37.6 Å². The molecule has 0 unspecified atom stereocenters. The summed E-state index contributed by atoms with van der Waals surface area (Å²) in [7, 11) is -3.35. The lowest BCUT2D eigenvalue weighted by Crippen LogP contribution is -2.62. The van der Waals surface area contributed by atoms with Crippen molar-refractivity contribution in [3.63, 3.8) is 0 Å². The fourth-order valence-corrected chi connectivity index (χ4v) is 9.30. The van der Waals surface area contributed by atoms with Gasteiger partial charge in [-0.15, -0.1) is 0 Å². The van der Waals surface area contributed by atoms with Gasteiger partial charge in [0.15, 0.2) is 21.3 Å². The van der Waals surface area contributed by atoms with Gasteiger partial charge in [-0.25, -0.2) is 8.42 Å². The molecule has 3 heterocycles. The Hall–Kier alpha value is -3.35. The molecular weight excluding hydrogens is 622 g/mol. The number of fused-ring (bicyclic) bond motifs is 1. The van der Waals surface area contributed by atoms with E-state index >= 15 is 0 Å². The first kappa shape index (κ1) is 35.0. The smallest absolute Gasteiger partial charge is 0.309 e. The number of nitrogens with one attached hydrogen (secondary N) is 1. The number of aliphatic hydroxyl groups is 1. The Bertz CT molecular complexity index is 1510. The zero-order valence-corrected chi connectivity index (χ0v) is 28.9. The summed E-state index contributed by atoms with van der Waals surface area (Å²) in [6, 6.07) is 14.7. The largest absolute Gasteiger partial charge is 0.461 e. The summed E-state index contributed by atoms with van der Waals surface area (Å²) in [5, 5.41) is 13.9. The number of amides is 1. The second-order valence-corrected chi connectivity index (χ2v) is 16.6. The first-order valence-corrected chi connectivity index (χ1v) is 18.3. The molecule has 1 amide bonds. The van der Waals surface area contributed by atoms with E-state index in [1.165, 1.54) is 0 Å². The number of hydrogen-bond acceptors (Lipinski definition) is 10. The van der Waals surface area contributed by atoms with Gasteiger partial charge in [0.25, 0.3) is 0 Å². The molecule has 0 saturated carbocycles. The van der Waals surface area contributed by atoms with E-state index in [1.807, 2.05) is 88.0 Å². The van der Waals surface area contributed by atoms with Crippen LogP contribution in [0.25, 0.3) is 0 Å². The van der Waals surface area contributed by atoms with Gasteiger partial charge in [0.2, 0.25) is 12.7 Å². The van der Waals surface area contributed by atoms with Gasteiger partial charge in [0, 0.05) is 31.7 Å². The number of rotatable bonds is 11. The number of aliphatic hydroxyl groups excluding tert-OH is 1. The first-order valence-electron chi connectivity index (χ1n) is 16.6. The number of ether oxygens (including phenoxy) is 3. The van der Waals surface area contributed by atoms with E-state index in [-0.39, 0.29) is 43.8 Å². The van der Waals surface area contributed by atoms with Crippen LogP contribution in [-0.2, 0) is 30.6 Å². The number of β-amino-alcohol motifs (C(OH)–C–C–N with tert-alkyl or cyclic N) is 1. The molecule has 2 aromatic rings. The van der Waals surface area contributed by atoms with Crippen LogP contribution in [0.2, 0.25) is 0 Å². The molecule has 258 valence electrons. The topological polar surface area (TPSA) is 135 Å². The van der Waals surface area contributed by atoms with E-state index in [2.05, 4.69) is 10.2 Å². The van der Waals surface area contributed by atoms with E-state index < -0.39 is 50.8 Å². The standard InChI is InChI=1S/C35H49N3O8S/c1-23(2)32-30(14-17-47(32,42)43)46-34(41)25(18-24-10-7-6-8-11-24)19-26(39)20-37-15-16-38(21-28(37)33(40)36-35(3,4)5)27-12-9-13-29-31(27)45-22-44-29/h6-13,23,25-26,28,30,32,39H,14-22H2,1-5H3,(H,36,40)/t25-,26-,28-,30+,32+/m0/s1. The maximum atomic E-state index is 13.7. The van der Waals surface area contributed by atoms with Gasteiger partial charge in [-0.3, -0.25) is 14.5 Å². The molecule has 2 saturated heterocycles. The molecule has 0 aliphatic carbocycles. The zero-order chi connectivity index (χ0) is 33.9. The van der Waals surface area contributed by atoms with Crippen LogP contribution in [-0.4, -0.2) is 98.1 Å². The van der Waals surface area contributed by atoms with Crippen molar-refractivity contribution in [3.05, 3.63) is 54.1 Å². The van der Waals surface area contributed by atoms with E-state index in [1.54, 1.807) is 0 Å². The lowest BCUT2D eigenvalue weighted by atomic mass is 9.92. The minimum absolute atomic E-state index is 0.00526. The van der Waals surface area contributed by atoms with E-state index in [0.717, 1.165) is 11.3 Å². The lowest BCUT2D eigenvalue weighted by Gasteiger charge is -2.43. The SMILES string of the molecule is CC(C)[C@@H]1[C@H](OC(=O)[C@@H](Cc2ccccc2)C[C@H](O)CN2CCN(c3cccc4c3OCO4)C[C@H]2C(=O)NC(C)(C)C)CCS1(=O)=O. The second-order valence-electron chi connectivity index (χ2n) is 14.3. The summed E-state index contributed by atoms with van der Waals surface area (Å²) >= 11 is 0. The van der Waals surface area contributed by atoms with Crippen LogP contribution < -0.4 is 19.7 Å². The highest BCUT2D eigenvalue weighted by Crippen LogP contribution is 2.41. The number of anilines is 1. The van der Waals surface area contributed by atoms with Crippen LogP contribution in [0.5, 0.6) is 11.5 Å². The molecule has 2 fully saturated rings. The van der Waals surface area contributed by atoms with Gasteiger partial charge in [0.05, 0.1) is 23.5 Å². The quantitative estimate of drug-likeness (QED) is 0.343. The highest BCUT2D eigenvalue weighted by atomic mass is 32.2. The average molecular weight is 672 g/mol. The van der Waals surface area contributed by atoms with Crippen molar-refractivity contribution >= 4 is 27.4 Å². The predicted octanol–water partition coefficient (Wildman–Crippen LogP) is 3.19. The molecule has 0 spiro atoms. The molecule has 2 aromatic carbocycles. The Morgan fingerprint density at radius 1 is 1.06 bits per heavy atom. The van der Waals surface area contributed by atoms with Crippen molar-refractivity contribution in [1.82, 2.24) is 10.2 Å². The van der Waals surface area contributed by atoms with Gasteiger partial charge in [-0.1, -0.05) is 50.2 Å². The fourth-order valence-electron chi connectivity index (χ4n) is 6.99. The molecule has 3 aliphatic rings. The Labute approximate surface area is 278 Å². The number of esters is 1. The molecule has 47 heavy (non-hydrogen) atoms. The number of para-hydroxylation sites is 1. The summed E-state index contributed by atoms with van der Waals surface area (Å²) < 4.78 is 42.7. The Morgan fingerprint density at radius 2 is 1.81 bits per heavy atom. The van der Waals surface area contributed by atoms with Gasteiger partial charge in [0.1, 0.15) is 17.4 Å². The van der Waals surface area contributed by atoms with Crippen LogP contribution >= 0.6 is 0 Å². The van der Waals surface area contributed by atoms with Gasteiger partial charge >= 0.3 is 5.97 Å². The highest BCUT2D eigenvalue weighted by Gasteiger charge is 2.45. The van der Waals surface area contributed by atoms with Gasteiger partial charge in [-0.05, 0) is 63.6 Å². The maximum Gasteiger partial charge on any atom is 0.309 e. The minimum Gasteiger partial charge on any atom is -0.461 e. The summed E-state index contributed by atoms with van der Waals surface area (Å²) in [6.45, 7) is 11.2. The average Bonchev–Trinajstić information content (AvgIpc) is 3.60. The fraction of sp³-hybridized carbons (Fsp3) is 0.600. The van der Waals surface area contributed by atoms with Gasteiger partial charge in [-0.2, -0.15) is 0 Å². The second kappa shape index (κ2) is 14.4. The maximum absolute atomic E-state index is 13.7. The monoisotopic (exact) mass is 671 g/mol. The van der Waals surface area contributed by atoms with Crippen LogP contribution in [0, 0.1) is 11.8 Å². The third-order valence-corrected chi connectivity index (χ3v) is 11.5. The third kappa shape index (κ3) is 8.58. The molecular formula is C35H49N3O8S. The van der Waals surface area contributed by atoms with Crippen LogP contribution in [0.4, 0.5) is 5.69 Å². The molecule has 0 radical (unpaired) electrons. The van der Waals surface area contributed by atoms with Crippen molar-refractivity contribution in [2.24, 2.45) is 11.8 Å². The normalized spacial score (nSPS) is 23.8. The zero-order valence-electron chi connectivity index (χ0n) is 28.1. The van der Waals surface area contributed by atoms with Crippen LogP contribution in [0.3, 0.4) is 0 Å². The summed E-state index contributed by atoms with van der Waals surface area (Å²) in [5.41, 5.74) is 1.31. The molecule has 3 aliphatic heterocycles. The molecule has 0 bridgehead atoms. The summed E-state index contributed by atoms with van der Waals surface area (Å²) in [5.74, 6) is -0.223. The van der Waals surface area contributed by atoms with Crippen molar-refractivity contribution in [2.45, 2.75) is 82.9 Å². The Balaban J connectivity index is 1.32. The van der Waals surface area contributed by atoms with E-state index in [4.69, 9.17) is 14.2 Å². The number of sulfone groups is 1. The van der Waals surface area contributed by atoms with Crippen molar-refractivity contribution in [2.75, 3.05) is 43.6 Å². The number of carbonyl (C=O) groups is 2. The van der Waals surface area contributed by atoms with Crippen molar-refractivity contribution in [1.29, 1.82) is 0 Å². The molecule has 2 N–H and O–H groups in total. The Morgan fingerprint density at radius 3 is 2.51 bits per heavy atom. The highest BCUT2D eigenvalue weighted by molar-refractivity contribution is 7.92. The van der Waals surface area contributed by atoms with E-state index in [9.17, 15) is 23.1 Å². The molecule has 11 nitrogen and oxygen atoms in total. The molecule has 12 heteroatoms. The number of piperazine rings is 1. The van der Waals surface area contributed by atoms with Crippen LogP contribution in [0.15, 0.2) is 48.5 Å². The molecule has 0 aromatic heterocycles.